The van der Waals surface area contributed by atoms with E-state index in [0.29, 0.717) is 12.1 Å². The van der Waals surface area contributed by atoms with Crippen molar-refractivity contribution >= 4 is 21.6 Å². The van der Waals surface area contributed by atoms with Crippen molar-refractivity contribution in [3.05, 3.63) is 23.8 Å². The molecule has 1 aromatic rings. The van der Waals surface area contributed by atoms with Gasteiger partial charge in [0.1, 0.15) is 0 Å². The minimum Gasteiger partial charge on any atom is -0.371 e. The van der Waals surface area contributed by atoms with Crippen LogP contribution in [0.15, 0.2) is 23.1 Å². The van der Waals surface area contributed by atoms with Gasteiger partial charge in [0.2, 0.25) is 10.0 Å². The van der Waals surface area contributed by atoms with E-state index < -0.39 is 10.0 Å². The molecule has 1 aliphatic rings. The van der Waals surface area contributed by atoms with E-state index in [1.165, 1.54) is 20.2 Å². The summed E-state index contributed by atoms with van der Waals surface area (Å²) in [5.74, 6) is -0.207. The highest BCUT2D eigenvalue weighted by molar-refractivity contribution is 7.89. The molecule has 1 aromatic carbocycles. The zero-order chi connectivity index (χ0) is 17.7. The lowest BCUT2D eigenvalue weighted by molar-refractivity contribution is 0.0953. The number of amides is 1. The van der Waals surface area contributed by atoms with Crippen molar-refractivity contribution in [1.82, 2.24) is 9.62 Å². The number of nitrogens with zero attached hydrogens (tertiary/aromatic N) is 2. The van der Waals surface area contributed by atoms with Gasteiger partial charge in [-0.2, -0.15) is 0 Å². The van der Waals surface area contributed by atoms with Crippen LogP contribution in [0.25, 0.3) is 0 Å². The molecule has 24 heavy (non-hydrogen) atoms. The summed E-state index contributed by atoms with van der Waals surface area (Å²) < 4.78 is 25.9. The van der Waals surface area contributed by atoms with E-state index in [1.54, 1.807) is 12.1 Å². The van der Waals surface area contributed by atoms with Crippen LogP contribution in [0.5, 0.6) is 0 Å². The third kappa shape index (κ3) is 4.08. The van der Waals surface area contributed by atoms with Crippen molar-refractivity contribution in [2.45, 2.75) is 37.5 Å². The molecule has 0 saturated carbocycles. The van der Waals surface area contributed by atoms with Crippen molar-refractivity contribution in [2.75, 3.05) is 38.6 Å². The van der Waals surface area contributed by atoms with E-state index in [4.69, 9.17) is 0 Å². The minimum absolute atomic E-state index is 0.149. The largest absolute Gasteiger partial charge is 0.371 e. The van der Waals surface area contributed by atoms with Crippen LogP contribution in [0.3, 0.4) is 0 Å². The Morgan fingerprint density at radius 2 is 1.92 bits per heavy atom. The minimum atomic E-state index is -3.56. The normalized spacial score (nSPS) is 15.1. The first-order chi connectivity index (χ1) is 11.4. The van der Waals surface area contributed by atoms with Crippen LogP contribution in [0, 0.1) is 0 Å². The molecule has 2 rings (SSSR count). The number of hydrogen-bond acceptors (Lipinski definition) is 4. The molecular formula is C17H27N3O3S. The average Bonchev–Trinajstić information content (AvgIpc) is 3.08. The number of hydrogen-bond donors (Lipinski definition) is 1. The van der Waals surface area contributed by atoms with Gasteiger partial charge in [-0.05, 0) is 37.5 Å². The topological polar surface area (TPSA) is 69.7 Å². The molecule has 1 heterocycles. The summed E-state index contributed by atoms with van der Waals surface area (Å²) in [5.41, 5.74) is 1.26. The highest BCUT2D eigenvalue weighted by Gasteiger charge is 2.24. The molecular weight excluding hydrogens is 326 g/mol. The van der Waals surface area contributed by atoms with Crippen LogP contribution in [0.4, 0.5) is 5.69 Å². The van der Waals surface area contributed by atoms with Crippen molar-refractivity contribution in [3.8, 4) is 0 Å². The van der Waals surface area contributed by atoms with Gasteiger partial charge in [-0.3, -0.25) is 4.79 Å². The summed E-state index contributed by atoms with van der Waals surface area (Å²) >= 11 is 0. The van der Waals surface area contributed by atoms with Crippen LogP contribution in [0.1, 0.15) is 43.0 Å². The van der Waals surface area contributed by atoms with E-state index in [2.05, 4.69) is 17.1 Å². The monoisotopic (exact) mass is 353 g/mol. The van der Waals surface area contributed by atoms with Gasteiger partial charge in [0.25, 0.3) is 5.91 Å². The Morgan fingerprint density at radius 3 is 2.50 bits per heavy atom. The lowest BCUT2D eigenvalue weighted by Crippen LogP contribution is -2.29. The van der Waals surface area contributed by atoms with Crippen molar-refractivity contribution < 1.29 is 13.2 Å². The van der Waals surface area contributed by atoms with Crippen LogP contribution in [-0.4, -0.2) is 52.4 Å². The van der Waals surface area contributed by atoms with E-state index in [1.807, 2.05) is 0 Å². The predicted molar refractivity (Wildman–Crippen MR) is 96.0 cm³/mol. The molecule has 1 N–H and O–H groups in total. The molecule has 1 aliphatic heterocycles. The Hall–Kier alpha value is -1.60. The SMILES string of the molecule is CCCCNC(=O)c1cc(S(=O)(=O)N(C)C)ccc1N1CCCC1. The molecule has 0 spiro atoms. The maximum atomic E-state index is 12.6. The van der Waals surface area contributed by atoms with Gasteiger partial charge in [0.05, 0.1) is 10.5 Å². The molecule has 0 atom stereocenters. The van der Waals surface area contributed by atoms with Crippen LogP contribution >= 0.6 is 0 Å². The van der Waals surface area contributed by atoms with Gasteiger partial charge in [0, 0.05) is 39.4 Å². The third-order valence-electron chi connectivity index (χ3n) is 4.25. The summed E-state index contributed by atoms with van der Waals surface area (Å²) in [7, 11) is -0.582. The fraction of sp³-hybridized carbons (Fsp3) is 0.588. The number of anilines is 1. The molecule has 0 bridgehead atoms. The Bertz CT molecular complexity index is 680. The number of unbranched alkanes of at least 4 members (excludes halogenated alkanes) is 1. The molecule has 0 radical (unpaired) electrons. The lowest BCUT2D eigenvalue weighted by Gasteiger charge is -2.22. The Labute approximate surface area is 144 Å². The zero-order valence-corrected chi connectivity index (χ0v) is 15.5. The number of benzene rings is 1. The molecule has 7 heteroatoms. The second-order valence-electron chi connectivity index (χ2n) is 6.27. The highest BCUT2D eigenvalue weighted by Crippen LogP contribution is 2.28. The summed E-state index contributed by atoms with van der Waals surface area (Å²) in [6.07, 6.45) is 4.08. The number of carbonyl (C=O) groups is 1. The number of sulfonamides is 1. The molecule has 1 saturated heterocycles. The highest BCUT2D eigenvalue weighted by atomic mass is 32.2. The van der Waals surface area contributed by atoms with E-state index in [9.17, 15) is 13.2 Å². The van der Waals surface area contributed by atoms with Crippen molar-refractivity contribution in [3.63, 3.8) is 0 Å². The first-order valence-corrected chi connectivity index (χ1v) is 9.91. The van der Waals surface area contributed by atoms with Gasteiger partial charge in [-0.15, -0.1) is 0 Å². The average molecular weight is 353 g/mol. The van der Waals surface area contributed by atoms with E-state index in [0.717, 1.165) is 48.8 Å². The van der Waals surface area contributed by atoms with Gasteiger partial charge in [-0.1, -0.05) is 13.3 Å². The second kappa shape index (κ2) is 7.98. The van der Waals surface area contributed by atoms with Gasteiger partial charge < -0.3 is 10.2 Å². The van der Waals surface area contributed by atoms with Crippen LogP contribution in [-0.2, 0) is 10.0 Å². The van der Waals surface area contributed by atoms with Crippen molar-refractivity contribution in [2.24, 2.45) is 0 Å². The molecule has 0 unspecified atom stereocenters. The maximum absolute atomic E-state index is 12.6. The standard InChI is InChI=1S/C17H27N3O3S/c1-4-5-10-18-17(21)15-13-14(24(22,23)19(2)3)8-9-16(15)20-11-6-7-12-20/h8-9,13H,4-7,10-12H2,1-3H3,(H,18,21). The van der Waals surface area contributed by atoms with E-state index >= 15 is 0 Å². The summed E-state index contributed by atoms with van der Waals surface area (Å²) in [4.78, 5) is 14.9. The Morgan fingerprint density at radius 1 is 1.25 bits per heavy atom. The second-order valence-corrected chi connectivity index (χ2v) is 8.42. The van der Waals surface area contributed by atoms with Gasteiger partial charge >= 0.3 is 0 Å². The summed E-state index contributed by atoms with van der Waals surface area (Å²) in [6, 6.07) is 4.85. The molecule has 0 aromatic heterocycles. The zero-order valence-electron chi connectivity index (χ0n) is 14.7. The Balaban J connectivity index is 2.39. The lowest BCUT2D eigenvalue weighted by atomic mass is 10.1. The number of carbonyl (C=O) groups excluding carboxylic acids is 1. The molecule has 1 fully saturated rings. The van der Waals surface area contributed by atoms with Crippen LogP contribution in [0.2, 0.25) is 0 Å². The fourth-order valence-corrected chi connectivity index (χ4v) is 3.70. The van der Waals surface area contributed by atoms with E-state index in [-0.39, 0.29) is 10.8 Å². The molecule has 6 nitrogen and oxygen atoms in total. The first-order valence-electron chi connectivity index (χ1n) is 8.47. The molecule has 134 valence electrons. The first kappa shape index (κ1) is 18.7. The van der Waals surface area contributed by atoms with Crippen molar-refractivity contribution in [1.29, 1.82) is 0 Å². The number of nitrogens with one attached hydrogen (secondary N) is 1. The number of rotatable bonds is 7. The molecule has 1 amide bonds. The quantitative estimate of drug-likeness (QED) is 0.762. The summed E-state index contributed by atoms with van der Waals surface area (Å²) in [5, 5.41) is 2.90. The molecule has 0 aliphatic carbocycles. The summed E-state index contributed by atoms with van der Waals surface area (Å²) in [6.45, 7) is 4.45. The third-order valence-corrected chi connectivity index (χ3v) is 6.06. The van der Waals surface area contributed by atoms with Crippen LogP contribution < -0.4 is 10.2 Å². The fourth-order valence-electron chi connectivity index (χ4n) is 2.78. The predicted octanol–water partition coefficient (Wildman–Crippen LogP) is 2.07. The van der Waals surface area contributed by atoms with Gasteiger partial charge in [-0.25, -0.2) is 12.7 Å². The maximum Gasteiger partial charge on any atom is 0.253 e. The van der Waals surface area contributed by atoms with Gasteiger partial charge in [0.15, 0.2) is 0 Å². The smallest absolute Gasteiger partial charge is 0.253 e. The Kier molecular flexibility index (Phi) is 6.23.